The molecule has 2 aliphatic rings. The van der Waals surface area contributed by atoms with E-state index in [0.29, 0.717) is 0 Å². The van der Waals surface area contributed by atoms with E-state index in [-0.39, 0.29) is 0 Å². The van der Waals surface area contributed by atoms with Crippen molar-refractivity contribution in [2.24, 2.45) is 11.8 Å². The second-order valence-electron chi connectivity index (χ2n) is 5.40. The lowest BCUT2D eigenvalue weighted by atomic mass is 9.97. The summed E-state index contributed by atoms with van der Waals surface area (Å²) in [5.41, 5.74) is 0. The van der Waals surface area contributed by atoms with Crippen LogP contribution in [0.3, 0.4) is 0 Å². The summed E-state index contributed by atoms with van der Waals surface area (Å²) < 4.78 is 0. The summed E-state index contributed by atoms with van der Waals surface area (Å²) in [5, 5.41) is 0. The van der Waals surface area contributed by atoms with Crippen molar-refractivity contribution >= 4 is 0 Å². The molecule has 0 saturated carbocycles. The SMILES string of the molecule is C[C@H]1CCN(CC2CCN(C)CC2)C1. The van der Waals surface area contributed by atoms with Crippen molar-refractivity contribution in [2.45, 2.75) is 26.2 Å². The molecule has 2 rings (SSSR count). The molecule has 0 aromatic rings. The molecule has 2 fully saturated rings. The van der Waals surface area contributed by atoms with Crippen LogP contribution < -0.4 is 0 Å². The lowest BCUT2D eigenvalue weighted by Crippen LogP contribution is -2.36. The summed E-state index contributed by atoms with van der Waals surface area (Å²) >= 11 is 0. The van der Waals surface area contributed by atoms with Crippen molar-refractivity contribution in [3.63, 3.8) is 0 Å². The number of nitrogens with zero attached hydrogens (tertiary/aromatic N) is 2. The number of hydrogen-bond donors (Lipinski definition) is 0. The summed E-state index contributed by atoms with van der Waals surface area (Å²) in [4.78, 5) is 5.14. The van der Waals surface area contributed by atoms with Gasteiger partial charge in [0.25, 0.3) is 0 Å². The average Bonchev–Trinajstić information content (AvgIpc) is 2.56. The fraction of sp³-hybridized carbons (Fsp3) is 1.00. The highest BCUT2D eigenvalue weighted by molar-refractivity contribution is 4.78. The maximum Gasteiger partial charge on any atom is 0.00107 e. The molecular formula is C12H24N2. The quantitative estimate of drug-likeness (QED) is 0.663. The monoisotopic (exact) mass is 196 g/mol. The van der Waals surface area contributed by atoms with Gasteiger partial charge in [-0.3, -0.25) is 0 Å². The first-order valence-electron chi connectivity index (χ1n) is 6.15. The minimum Gasteiger partial charge on any atom is -0.306 e. The zero-order chi connectivity index (χ0) is 9.97. The number of hydrogen-bond acceptors (Lipinski definition) is 2. The summed E-state index contributed by atoms with van der Waals surface area (Å²) in [5.74, 6) is 1.93. The van der Waals surface area contributed by atoms with E-state index in [0.717, 1.165) is 11.8 Å². The molecule has 14 heavy (non-hydrogen) atoms. The zero-order valence-electron chi connectivity index (χ0n) is 9.71. The predicted molar refractivity (Wildman–Crippen MR) is 60.4 cm³/mol. The topological polar surface area (TPSA) is 6.48 Å². The van der Waals surface area contributed by atoms with Crippen LogP contribution in [0.4, 0.5) is 0 Å². The van der Waals surface area contributed by atoms with Crippen LogP contribution in [0.25, 0.3) is 0 Å². The highest BCUT2D eigenvalue weighted by Crippen LogP contribution is 2.21. The summed E-state index contributed by atoms with van der Waals surface area (Å²) in [7, 11) is 2.24. The van der Waals surface area contributed by atoms with Crippen LogP contribution in [0.5, 0.6) is 0 Å². The number of piperidine rings is 1. The largest absolute Gasteiger partial charge is 0.306 e. The minimum atomic E-state index is 0.946. The molecule has 82 valence electrons. The molecule has 0 aliphatic carbocycles. The van der Waals surface area contributed by atoms with Gasteiger partial charge in [-0.1, -0.05) is 6.92 Å². The number of likely N-dealkylation sites (tertiary alicyclic amines) is 2. The fourth-order valence-electron chi connectivity index (χ4n) is 2.80. The first-order valence-corrected chi connectivity index (χ1v) is 6.15. The van der Waals surface area contributed by atoms with Gasteiger partial charge in [-0.2, -0.15) is 0 Å². The molecule has 2 saturated heterocycles. The van der Waals surface area contributed by atoms with E-state index < -0.39 is 0 Å². The van der Waals surface area contributed by atoms with E-state index in [1.807, 2.05) is 0 Å². The van der Waals surface area contributed by atoms with Gasteiger partial charge in [0.2, 0.25) is 0 Å². The molecule has 2 heteroatoms. The van der Waals surface area contributed by atoms with E-state index in [1.165, 1.54) is 52.0 Å². The third-order valence-corrected chi connectivity index (χ3v) is 3.86. The van der Waals surface area contributed by atoms with Crippen LogP contribution in [0.2, 0.25) is 0 Å². The average molecular weight is 196 g/mol. The van der Waals surface area contributed by atoms with Gasteiger partial charge in [-0.25, -0.2) is 0 Å². The highest BCUT2D eigenvalue weighted by atomic mass is 15.2. The maximum absolute atomic E-state index is 2.68. The van der Waals surface area contributed by atoms with E-state index in [9.17, 15) is 0 Å². The molecule has 2 aliphatic heterocycles. The first kappa shape index (κ1) is 10.4. The Morgan fingerprint density at radius 1 is 1.07 bits per heavy atom. The predicted octanol–water partition coefficient (Wildman–Crippen LogP) is 1.67. The molecule has 2 heterocycles. The van der Waals surface area contributed by atoms with Crippen molar-refractivity contribution in [3.8, 4) is 0 Å². The van der Waals surface area contributed by atoms with Crippen molar-refractivity contribution in [1.82, 2.24) is 9.80 Å². The van der Waals surface area contributed by atoms with Crippen LogP contribution in [-0.2, 0) is 0 Å². The van der Waals surface area contributed by atoms with Gasteiger partial charge in [-0.05, 0) is 57.8 Å². The smallest absolute Gasteiger partial charge is 0.00107 e. The van der Waals surface area contributed by atoms with Crippen molar-refractivity contribution < 1.29 is 0 Å². The Hall–Kier alpha value is -0.0800. The molecule has 0 bridgehead atoms. The Morgan fingerprint density at radius 3 is 2.36 bits per heavy atom. The summed E-state index contributed by atoms with van der Waals surface area (Å²) in [6.45, 7) is 9.09. The van der Waals surface area contributed by atoms with Crippen molar-refractivity contribution in [2.75, 3.05) is 39.8 Å². The number of rotatable bonds is 2. The molecule has 2 nitrogen and oxygen atoms in total. The molecule has 0 N–H and O–H groups in total. The lowest BCUT2D eigenvalue weighted by molar-refractivity contribution is 0.174. The molecule has 1 atom stereocenters. The van der Waals surface area contributed by atoms with Crippen LogP contribution in [-0.4, -0.2) is 49.6 Å². The Balaban J connectivity index is 1.70. The van der Waals surface area contributed by atoms with Gasteiger partial charge in [0.15, 0.2) is 0 Å². The van der Waals surface area contributed by atoms with Gasteiger partial charge < -0.3 is 9.80 Å². The molecule has 0 unspecified atom stereocenters. The second kappa shape index (κ2) is 4.63. The van der Waals surface area contributed by atoms with Crippen LogP contribution >= 0.6 is 0 Å². The third-order valence-electron chi connectivity index (χ3n) is 3.86. The Labute approximate surface area is 88.3 Å². The van der Waals surface area contributed by atoms with E-state index >= 15 is 0 Å². The Kier molecular flexibility index (Phi) is 3.45. The van der Waals surface area contributed by atoms with E-state index in [1.54, 1.807) is 0 Å². The van der Waals surface area contributed by atoms with Crippen LogP contribution in [0, 0.1) is 11.8 Å². The maximum atomic E-state index is 2.68. The molecular weight excluding hydrogens is 172 g/mol. The normalized spacial score (nSPS) is 32.6. The van der Waals surface area contributed by atoms with Crippen molar-refractivity contribution in [1.29, 1.82) is 0 Å². The molecule has 0 aromatic heterocycles. The minimum absolute atomic E-state index is 0.946. The molecule has 0 aromatic carbocycles. The molecule has 0 amide bonds. The zero-order valence-corrected chi connectivity index (χ0v) is 9.71. The van der Waals surface area contributed by atoms with Crippen LogP contribution in [0.15, 0.2) is 0 Å². The van der Waals surface area contributed by atoms with Gasteiger partial charge in [0, 0.05) is 13.1 Å². The van der Waals surface area contributed by atoms with Gasteiger partial charge in [-0.15, -0.1) is 0 Å². The standard InChI is InChI=1S/C12H24N2/c1-11-3-8-14(9-11)10-12-4-6-13(2)7-5-12/h11-12H,3-10H2,1-2H3/t11-/m0/s1. The Bertz CT molecular complexity index is 173. The van der Waals surface area contributed by atoms with Crippen LogP contribution in [0.1, 0.15) is 26.2 Å². The van der Waals surface area contributed by atoms with Gasteiger partial charge in [0.05, 0.1) is 0 Å². The van der Waals surface area contributed by atoms with Gasteiger partial charge >= 0.3 is 0 Å². The highest BCUT2D eigenvalue weighted by Gasteiger charge is 2.23. The van der Waals surface area contributed by atoms with Crippen molar-refractivity contribution in [3.05, 3.63) is 0 Å². The molecule has 0 radical (unpaired) electrons. The van der Waals surface area contributed by atoms with E-state index in [4.69, 9.17) is 0 Å². The first-order chi connectivity index (χ1) is 6.74. The molecule has 0 spiro atoms. The van der Waals surface area contributed by atoms with Gasteiger partial charge in [0.1, 0.15) is 0 Å². The lowest BCUT2D eigenvalue weighted by Gasteiger charge is -2.31. The summed E-state index contributed by atoms with van der Waals surface area (Å²) in [6, 6.07) is 0. The summed E-state index contributed by atoms with van der Waals surface area (Å²) in [6.07, 6.45) is 4.26. The second-order valence-corrected chi connectivity index (χ2v) is 5.40. The van der Waals surface area contributed by atoms with E-state index in [2.05, 4.69) is 23.8 Å². The fourth-order valence-corrected chi connectivity index (χ4v) is 2.80. The third kappa shape index (κ3) is 2.71. The Morgan fingerprint density at radius 2 is 1.79 bits per heavy atom.